The van der Waals surface area contributed by atoms with Crippen molar-refractivity contribution in [3.05, 3.63) is 69.7 Å². The van der Waals surface area contributed by atoms with Crippen LogP contribution in [0.5, 0.6) is 0 Å². The van der Waals surface area contributed by atoms with Crippen molar-refractivity contribution in [3.63, 3.8) is 0 Å². The zero-order chi connectivity index (χ0) is 25.1. The molecule has 0 aromatic heterocycles. The highest BCUT2D eigenvalue weighted by Crippen LogP contribution is 2.27. The van der Waals surface area contributed by atoms with Gasteiger partial charge in [-0.2, -0.15) is 0 Å². The Labute approximate surface area is 213 Å². The van der Waals surface area contributed by atoms with Crippen molar-refractivity contribution < 1.29 is 14.3 Å². The molecule has 7 heteroatoms. The second-order valence-corrected chi connectivity index (χ2v) is 10.5. The molecule has 34 heavy (non-hydrogen) atoms. The van der Waals surface area contributed by atoms with Gasteiger partial charge >= 0.3 is 6.09 Å². The number of alkyl carbamates (subject to hydrolysis) is 1. The summed E-state index contributed by atoms with van der Waals surface area (Å²) in [7, 11) is 0. The van der Waals surface area contributed by atoms with E-state index in [1.807, 2.05) is 76.2 Å². The largest absolute Gasteiger partial charge is 0.444 e. The smallest absolute Gasteiger partial charge is 0.407 e. The number of halogens is 2. The number of unbranched alkanes of at least 4 members (excludes halogenated alkanes) is 2. The van der Waals surface area contributed by atoms with Crippen molar-refractivity contribution in [2.75, 3.05) is 6.54 Å². The Hall–Kier alpha value is -2.24. The van der Waals surface area contributed by atoms with E-state index in [0.29, 0.717) is 23.0 Å². The Bertz CT molecular complexity index is 909. The monoisotopic (exact) mass is 506 g/mol. The molecule has 0 spiro atoms. The number of nitrogens with one attached hydrogen (secondary N) is 2. The Morgan fingerprint density at radius 1 is 0.912 bits per heavy atom. The van der Waals surface area contributed by atoms with Crippen molar-refractivity contribution in [1.29, 1.82) is 0 Å². The van der Waals surface area contributed by atoms with Crippen molar-refractivity contribution in [3.8, 4) is 0 Å². The predicted octanol–water partition coefficient (Wildman–Crippen LogP) is 6.91. The molecule has 0 aliphatic carbocycles. The zero-order valence-electron chi connectivity index (χ0n) is 20.5. The minimum atomic E-state index is -0.504. The number of ether oxygens (including phenoxy) is 1. The van der Waals surface area contributed by atoms with E-state index in [2.05, 4.69) is 10.6 Å². The van der Waals surface area contributed by atoms with Crippen LogP contribution in [0, 0.1) is 0 Å². The highest BCUT2D eigenvalue weighted by Gasteiger charge is 2.22. The summed E-state index contributed by atoms with van der Waals surface area (Å²) in [6.45, 7) is 8.07. The minimum absolute atomic E-state index is 0.0303. The summed E-state index contributed by atoms with van der Waals surface area (Å²) < 4.78 is 5.21. The first-order chi connectivity index (χ1) is 16.0. The van der Waals surface area contributed by atoms with Crippen LogP contribution in [0.3, 0.4) is 0 Å². The lowest BCUT2D eigenvalue weighted by Gasteiger charge is -2.26. The van der Waals surface area contributed by atoms with Gasteiger partial charge in [-0.3, -0.25) is 4.79 Å². The quantitative estimate of drug-likeness (QED) is 0.325. The van der Waals surface area contributed by atoms with E-state index in [9.17, 15) is 9.59 Å². The topological polar surface area (TPSA) is 67.4 Å². The molecule has 2 aromatic carbocycles. The van der Waals surface area contributed by atoms with Gasteiger partial charge in [-0.15, -0.1) is 0 Å². The van der Waals surface area contributed by atoms with Crippen LogP contribution >= 0.6 is 23.2 Å². The van der Waals surface area contributed by atoms with Crippen LogP contribution in [0.1, 0.15) is 70.4 Å². The van der Waals surface area contributed by atoms with E-state index in [0.717, 1.165) is 36.8 Å². The van der Waals surface area contributed by atoms with Crippen LogP contribution in [-0.2, 0) is 16.0 Å². The lowest BCUT2D eigenvalue weighted by molar-refractivity contribution is -0.122. The average molecular weight is 508 g/mol. The number of hydrogen-bond acceptors (Lipinski definition) is 3. The summed E-state index contributed by atoms with van der Waals surface area (Å²) in [4.78, 5) is 24.3. The van der Waals surface area contributed by atoms with E-state index < -0.39 is 11.7 Å². The van der Waals surface area contributed by atoms with E-state index in [1.54, 1.807) is 0 Å². The van der Waals surface area contributed by atoms with Crippen molar-refractivity contribution >= 4 is 35.2 Å². The molecule has 0 heterocycles. The van der Waals surface area contributed by atoms with Gasteiger partial charge < -0.3 is 15.4 Å². The molecular formula is C27H36Cl2N2O3. The fourth-order valence-corrected chi connectivity index (χ4v) is 3.94. The van der Waals surface area contributed by atoms with E-state index in [1.165, 1.54) is 0 Å². The highest BCUT2D eigenvalue weighted by molar-refractivity contribution is 6.30. The number of amides is 2. The Balaban J connectivity index is 1.82. The number of rotatable bonds is 11. The molecule has 2 N–H and O–H groups in total. The Kier molecular flexibility index (Phi) is 11.2. The van der Waals surface area contributed by atoms with Crippen molar-refractivity contribution in [1.82, 2.24) is 10.6 Å². The molecule has 0 aliphatic heterocycles. The number of benzene rings is 2. The summed E-state index contributed by atoms with van der Waals surface area (Å²) in [5, 5.41) is 7.31. The van der Waals surface area contributed by atoms with E-state index >= 15 is 0 Å². The van der Waals surface area contributed by atoms with Gasteiger partial charge in [0.15, 0.2) is 0 Å². The van der Waals surface area contributed by atoms with E-state index in [4.69, 9.17) is 27.9 Å². The first-order valence-corrected chi connectivity index (χ1v) is 12.6. The summed E-state index contributed by atoms with van der Waals surface area (Å²) in [6, 6.07) is 15.5. The lowest BCUT2D eigenvalue weighted by Crippen LogP contribution is -2.37. The van der Waals surface area contributed by atoms with Crippen LogP contribution in [0.15, 0.2) is 48.5 Å². The van der Waals surface area contributed by atoms with Crippen molar-refractivity contribution in [2.45, 2.75) is 77.4 Å². The van der Waals surface area contributed by atoms with Crippen LogP contribution in [0.2, 0.25) is 10.0 Å². The van der Waals surface area contributed by atoms with Gasteiger partial charge in [0.2, 0.25) is 5.91 Å². The van der Waals surface area contributed by atoms with Gasteiger partial charge in [-0.25, -0.2) is 4.79 Å². The third kappa shape index (κ3) is 10.8. The Morgan fingerprint density at radius 3 is 2.09 bits per heavy atom. The lowest BCUT2D eigenvalue weighted by atomic mass is 9.86. The summed E-state index contributed by atoms with van der Waals surface area (Å²) in [5.41, 5.74) is 1.78. The van der Waals surface area contributed by atoms with Crippen LogP contribution in [0.4, 0.5) is 4.79 Å². The highest BCUT2D eigenvalue weighted by atomic mass is 35.5. The van der Waals surface area contributed by atoms with Crippen molar-refractivity contribution in [2.24, 2.45) is 0 Å². The molecule has 2 amide bonds. The molecule has 186 valence electrons. The summed E-state index contributed by atoms with van der Waals surface area (Å²) in [5.74, 6) is 0.128. The number of carbonyl (C=O) groups is 2. The van der Waals surface area contributed by atoms with Crippen LogP contribution in [0.25, 0.3) is 0 Å². The molecule has 2 aromatic rings. The molecule has 0 saturated carbocycles. The summed E-state index contributed by atoms with van der Waals surface area (Å²) in [6.07, 6.45) is 3.22. The number of hydrogen-bond donors (Lipinski definition) is 2. The zero-order valence-corrected chi connectivity index (χ0v) is 22.0. The first-order valence-electron chi connectivity index (χ1n) is 11.8. The second kappa shape index (κ2) is 13.6. The van der Waals surface area contributed by atoms with E-state index in [-0.39, 0.29) is 17.9 Å². The van der Waals surface area contributed by atoms with Crippen LogP contribution in [-0.4, -0.2) is 30.2 Å². The molecule has 0 unspecified atom stereocenters. The minimum Gasteiger partial charge on any atom is -0.444 e. The third-order valence-corrected chi connectivity index (χ3v) is 5.91. The van der Waals surface area contributed by atoms with Gasteiger partial charge in [0, 0.05) is 35.0 Å². The first kappa shape index (κ1) is 28.0. The molecule has 5 nitrogen and oxygen atoms in total. The summed E-state index contributed by atoms with van der Waals surface area (Å²) >= 11 is 12.1. The standard InChI is InChI=1S/C27H36Cl2N2O3/c1-19(31-25(32)8-6-5-7-17-30-26(33)34-27(2,3)4)24(21-11-15-23(29)16-12-21)18-20-9-13-22(28)14-10-20/h9-16,19,24H,5-8,17-18H2,1-4H3,(H,30,33)(H,31,32)/t19-,24+/m1/s1. The van der Waals surface area contributed by atoms with Crippen LogP contribution < -0.4 is 10.6 Å². The average Bonchev–Trinajstić information content (AvgIpc) is 2.75. The molecule has 0 bridgehead atoms. The van der Waals surface area contributed by atoms with Gasteiger partial charge in [-0.05, 0) is 82.3 Å². The van der Waals surface area contributed by atoms with Gasteiger partial charge in [0.25, 0.3) is 0 Å². The van der Waals surface area contributed by atoms with Gasteiger partial charge in [-0.1, -0.05) is 53.9 Å². The predicted molar refractivity (Wildman–Crippen MR) is 140 cm³/mol. The molecule has 0 radical (unpaired) electrons. The maximum Gasteiger partial charge on any atom is 0.407 e. The number of carbonyl (C=O) groups excluding carboxylic acids is 2. The fraction of sp³-hybridized carbons (Fsp3) is 0.481. The second-order valence-electron chi connectivity index (χ2n) is 9.58. The maximum atomic E-state index is 12.6. The normalized spacial score (nSPS) is 13.1. The SMILES string of the molecule is C[C@@H](NC(=O)CCCCCNC(=O)OC(C)(C)C)[C@H](Cc1ccc(Cl)cc1)c1ccc(Cl)cc1. The molecule has 0 fully saturated rings. The molecule has 2 atom stereocenters. The molecular weight excluding hydrogens is 471 g/mol. The molecule has 0 saturated heterocycles. The maximum absolute atomic E-state index is 12.6. The fourth-order valence-electron chi connectivity index (χ4n) is 3.69. The Morgan fingerprint density at radius 2 is 1.50 bits per heavy atom. The van der Waals surface area contributed by atoms with Gasteiger partial charge in [0.1, 0.15) is 5.60 Å². The third-order valence-electron chi connectivity index (χ3n) is 5.41. The van der Waals surface area contributed by atoms with Gasteiger partial charge in [0.05, 0.1) is 0 Å². The molecule has 0 aliphatic rings. The molecule has 2 rings (SSSR count).